The lowest BCUT2D eigenvalue weighted by atomic mass is 9.97. The molecular formula is C21H22FNO3. The van der Waals surface area contributed by atoms with Gasteiger partial charge in [-0.3, -0.25) is 9.59 Å². The van der Waals surface area contributed by atoms with Crippen LogP contribution in [0.1, 0.15) is 26.3 Å². The van der Waals surface area contributed by atoms with Crippen molar-refractivity contribution in [3.05, 3.63) is 72.1 Å². The quantitative estimate of drug-likeness (QED) is 0.463. The van der Waals surface area contributed by atoms with Crippen molar-refractivity contribution in [1.82, 2.24) is 0 Å². The van der Waals surface area contributed by atoms with Gasteiger partial charge in [-0.1, -0.05) is 30.3 Å². The van der Waals surface area contributed by atoms with Crippen molar-refractivity contribution in [1.29, 1.82) is 0 Å². The van der Waals surface area contributed by atoms with Crippen LogP contribution in [0, 0.1) is 11.2 Å². The molecule has 5 heteroatoms. The Bertz CT molecular complexity index is 805. The number of halogens is 1. The van der Waals surface area contributed by atoms with Gasteiger partial charge in [0.2, 0.25) is 0 Å². The van der Waals surface area contributed by atoms with Crippen LogP contribution in [-0.2, 0) is 14.3 Å². The Labute approximate surface area is 152 Å². The van der Waals surface area contributed by atoms with Crippen molar-refractivity contribution in [3.63, 3.8) is 0 Å². The van der Waals surface area contributed by atoms with Gasteiger partial charge < -0.3 is 9.64 Å². The Hall–Kier alpha value is -2.95. The van der Waals surface area contributed by atoms with Gasteiger partial charge in [0.05, 0.1) is 5.41 Å². The molecule has 0 saturated heterocycles. The summed E-state index contributed by atoms with van der Waals surface area (Å²) < 4.78 is 18.6. The molecule has 0 saturated carbocycles. The number of hydrogen-bond acceptors (Lipinski definition) is 3. The predicted molar refractivity (Wildman–Crippen MR) is 99.8 cm³/mol. The summed E-state index contributed by atoms with van der Waals surface area (Å²) in [6.45, 7) is 5.22. The average molecular weight is 355 g/mol. The Morgan fingerprint density at radius 3 is 2.12 bits per heavy atom. The fraction of sp³-hybridized carbons (Fsp3) is 0.238. The van der Waals surface area contributed by atoms with Crippen LogP contribution < -0.4 is 4.90 Å². The minimum Gasteiger partial charge on any atom is -0.425 e. The Morgan fingerprint density at radius 2 is 1.58 bits per heavy atom. The zero-order valence-electron chi connectivity index (χ0n) is 15.3. The van der Waals surface area contributed by atoms with Crippen molar-refractivity contribution in [2.75, 3.05) is 11.9 Å². The number of amides is 1. The van der Waals surface area contributed by atoms with Crippen LogP contribution in [0.15, 0.2) is 60.7 Å². The second-order valence-corrected chi connectivity index (χ2v) is 6.89. The molecule has 0 heterocycles. The molecule has 136 valence electrons. The number of likely N-dealkylation sites (N-methyl/N-ethyl adjacent to an activating group) is 1. The second-order valence-electron chi connectivity index (χ2n) is 6.89. The van der Waals surface area contributed by atoms with E-state index in [9.17, 15) is 14.0 Å². The number of benzene rings is 2. The average Bonchev–Trinajstić information content (AvgIpc) is 2.61. The van der Waals surface area contributed by atoms with Crippen LogP contribution in [0.3, 0.4) is 0 Å². The number of rotatable bonds is 4. The highest BCUT2D eigenvalue weighted by atomic mass is 19.1. The number of carbonyl (C=O) groups excluding carboxylic acids is 2. The lowest BCUT2D eigenvalue weighted by Gasteiger charge is -2.19. The summed E-state index contributed by atoms with van der Waals surface area (Å²) in [5.74, 6) is -1.04. The molecule has 0 aliphatic carbocycles. The molecule has 1 amide bonds. The van der Waals surface area contributed by atoms with Crippen LogP contribution in [-0.4, -0.2) is 18.9 Å². The van der Waals surface area contributed by atoms with Crippen molar-refractivity contribution in [2.45, 2.75) is 20.8 Å². The molecule has 0 spiro atoms. The number of ether oxygens (including phenoxy) is 1. The van der Waals surface area contributed by atoms with E-state index >= 15 is 0 Å². The molecule has 0 radical (unpaired) electrons. The first kappa shape index (κ1) is 19.4. The molecule has 2 rings (SSSR count). The molecule has 2 aromatic carbocycles. The van der Waals surface area contributed by atoms with Crippen molar-refractivity contribution in [3.8, 4) is 0 Å². The number of carbonyl (C=O) groups is 2. The number of anilines is 1. The van der Waals surface area contributed by atoms with E-state index in [4.69, 9.17) is 4.74 Å². The minimum atomic E-state index is -0.709. The molecule has 4 nitrogen and oxygen atoms in total. The third-order valence-corrected chi connectivity index (χ3v) is 3.67. The maximum atomic E-state index is 13.1. The van der Waals surface area contributed by atoms with Gasteiger partial charge in [-0.05, 0) is 45.0 Å². The van der Waals surface area contributed by atoms with Gasteiger partial charge >= 0.3 is 5.97 Å². The first-order valence-corrected chi connectivity index (χ1v) is 8.21. The first-order valence-electron chi connectivity index (χ1n) is 8.21. The largest absolute Gasteiger partial charge is 0.425 e. The lowest BCUT2D eigenvalue weighted by Crippen LogP contribution is -2.26. The molecule has 0 bridgehead atoms. The fourth-order valence-corrected chi connectivity index (χ4v) is 2.03. The van der Waals surface area contributed by atoms with Crippen LogP contribution in [0.4, 0.5) is 10.1 Å². The zero-order chi connectivity index (χ0) is 19.3. The Balaban J connectivity index is 2.32. The van der Waals surface area contributed by atoms with Gasteiger partial charge in [-0.25, -0.2) is 4.39 Å². The van der Waals surface area contributed by atoms with Gasteiger partial charge in [0.1, 0.15) is 11.6 Å². The summed E-state index contributed by atoms with van der Waals surface area (Å²) in [5, 5.41) is 0. The summed E-state index contributed by atoms with van der Waals surface area (Å²) in [5.41, 5.74) is 0.438. The van der Waals surface area contributed by atoms with Gasteiger partial charge in [-0.2, -0.15) is 0 Å². The molecule has 0 fully saturated rings. The van der Waals surface area contributed by atoms with Crippen molar-refractivity contribution >= 4 is 23.3 Å². The molecule has 0 aromatic heterocycles. The zero-order valence-corrected chi connectivity index (χ0v) is 15.3. The number of nitrogens with zero attached hydrogens (tertiary/aromatic N) is 1. The second kappa shape index (κ2) is 7.95. The van der Waals surface area contributed by atoms with Crippen molar-refractivity contribution in [2.24, 2.45) is 5.41 Å². The molecular weight excluding hydrogens is 333 g/mol. The summed E-state index contributed by atoms with van der Waals surface area (Å²) in [4.78, 5) is 26.2. The highest BCUT2D eigenvalue weighted by Gasteiger charge is 2.25. The number of hydrogen-bond donors (Lipinski definition) is 0. The maximum Gasteiger partial charge on any atom is 0.316 e. The van der Waals surface area contributed by atoms with Gasteiger partial charge in [-0.15, -0.1) is 0 Å². The standard InChI is InChI=1S/C21H22FNO3/c1-21(2,3)20(25)26-18(15-8-6-5-7-9-15)14-19(24)23(4)17-12-10-16(22)11-13-17/h5-14H,1-4H3/b18-14+. The van der Waals surface area contributed by atoms with E-state index in [1.807, 2.05) is 6.07 Å². The maximum absolute atomic E-state index is 13.1. The van der Waals surface area contributed by atoms with Gasteiger partial charge in [0, 0.05) is 24.4 Å². The fourth-order valence-electron chi connectivity index (χ4n) is 2.03. The van der Waals surface area contributed by atoms with Crippen LogP contribution >= 0.6 is 0 Å². The van der Waals surface area contributed by atoms with E-state index in [1.165, 1.54) is 35.2 Å². The van der Waals surface area contributed by atoms with E-state index < -0.39 is 17.3 Å². The monoisotopic (exact) mass is 355 g/mol. The van der Waals surface area contributed by atoms with E-state index in [0.29, 0.717) is 11.3 Å². The van der Waals surface area contributed by atoms with Crippen LogP contribution in [0.2, 0.25) is 0 Å². The Kier molecular flexibility index (Phi) is 5.93. The molecule has 26 heavy (non-hydrogen) atoms. The summed E-state index contributed by atoms with van der Waals surface area (Å²) in [6.07, 6.45) is 1.27. The minimum absolute atomic E-state index is 0.171. The normalized spacial score (nSPS) is 11.8. The molecule has 2 aromatic rings. The van der Waals surface area contributed by atoms with E-state index in [-0.39, 0.29) is 11.6 Å². The SMILES string of the molecule is CN(C(=O)/C=C(/OC(=O)C(C)(C)C)c1ccccc1)c1ccc(F)cc1. The first-order chi connectivity index (χ1) is 12.2. The van der Waals surface area contributed by atoms with E-state index in [1.54, 1.807) is 52.1 Å². The van der Waals surface area contributed by atoms with Crippen LogP contribution in [0.5, 0.6) is 0 Å². The molecule has 0 aliphatic rings. The molecule has 0 atom stereocenters. The van der Waals surface area contributed by atoms with E-state index in [2.05, 4.69) is 0 Å². The third-order valence-electron chi connectivity index (χ3n) is 3.67. The summed E-state index contributed by atoms with van der Waals surface area (Å²) >= 11 is 0. The van der Waals surface area contributed by atoms with E-state index in [0.717, 1.165) is 0 Å². The molecule has 0 aliphatic heterocycles. The van der Waals surface area contributed by atoms with Crippen molar-refractivity contribution < 1.29 is 18.7 Å². The lowest BCUT2D eigenvalue weighted by molar-refractivity contribution is -0.145. The third kappa shape index (κ3) is 5.02. The summed E-state index contributed by atoms with van der Waals surface area (Å²) in [6, 6.07) is 14.5. The molecule has 0 unspecified atom stereocenters. The molecule has 0 N–H and O–H groups in total. The topological polar surface area (TPSA) is 46.6 Å². The smallest absolute Gasteiger partial charge is 0.316 e. The Morgan fingerprint density at radius 1 is 1.00 bits per heavy atom. The highest BCUT2D eigenvalue weighted by molar-refractivity contribution is 6.05. The van der Waals surface area contributed by atoms with Gasteiger partial charge in [0.25, 0.3) is 5.91 Å². The highest BCUT2D eigenvalue weighted by Crippen LogP contribution is 2.23. The number of esters is 1. The van der Waals surface area contributed by atoms with Crippen LogP contribution in [0.25, 0.3) is 5.76 Å². The predicted octanol–water partition coefficient (Wildman–Crippen LogP) is 4.42. The summed E-state index contributed by atoms with van der Waals surface area (Å²) in [7, 11) is 1.57. The van der Waals surface area contributed by atoms with Gasteiger partial charge in [0.15, 0.2) is 0 Å².